The summed E-state index contributed by atoms with van der Waals surface area (Å²) in [4.78, 5) is 7.59. The van der Waals surface area contributed by atoms with Crippen molar-refractivity contribution in [1.82, 2.24) is 14.6 Å². The maximum absolute atomic E-state index is 6.21. The summed E-state index contributed by atoms with van der Waals surface area (Å²) in [6, 6.07) is 0.408. The number of aromatic nitrogens is 3. The highest BCUT2D eigenvalue weighted by Crippen LogP contribution is 2.45. The van der Waals surface area contributed by atoms with E-state index in [-0.39, 0.29) is 5.54 Å². The van der Waals surface area contributed by atoms with E-state index in [0.717, 1.165) is 23.8 Å². The molecule has 2 aliphatic rings. The van der Waals surface area contributed by atoms with Gasteiger partial charge >= 0.3 is 0 Å². The average molecular weight is 328 g/mol. The van der Waals surface area contributed by atoms with Gasteiger partial charge in [-0.05, 0) is 32.6 Å². The van der Waals surface area contributed by atoms with E-state index < -0.39 is 0 Å². The topological polar surface area (TPSA) is 42.7 Å². The summed E-state index contributed by atoms with van der Waals surface area (Å²) in [5.41, 5.74) is 2.28. The van der Waals surface area contributed by atoms with Crippen molar-refractivity contribution in [2.24, 2.45) is 0 Å². The average Bonchev–Trinajstić information content (AvgIpc) is 2.96. The molecule has 0 unspecified atom stereocenters. The smallest absolute Gasteiger partial charge is 0.180 e. The third-order valence-electron chi connectivity index (χ3n) is 5.63. The van der Waals surface area contributed by atoms with Gasteiger partial charge in [-0.25, -0.2) is 9.50 Å². The number of rotatable bonds is 2. The second-order valence-corrected chi connectivity index (χ2v) is 7.99. The van der Waals surface area contributed by atoms with Crippen LogP contribution in [-0.2, 0) is 0 Å². The SMILES string of the molecule is CC(C)c1cnn2cc3c(nc12)N(C(C)C)C1(CCCCC1)CO3. The third-order valence-corrected chi connectivity index (χ3v) is 5.63. The molecule has 1 saturated carbocycles. The van der Waals surface area contributed by atoms with E-state index >= 15 is 0 Å². The van der Waals surface area contributed by atoms with Gasteiger partial charge in [0.25, 0.3) is 0 Å². The number of ether oxygens (including phenoxy) is 1. The molecule has 0 aromatic carbocycles. The second-order valence-electron chi connectivity index (χ2n) is 7.99. The zero-order valence-electron chi connectivity index (χ0n) is 15.2. The molecule has 1 fully saturated rings. The summed E-state index contributed by atoms with van der Waals surface area (Å²) in [7, 11) is 0. The standard InChI is InChI=1S/C19H28N4O/c1-13(2)15-10-20-22-11-16-18(21-17(15)22)23(14(3)4)19(12-24-16)8-6-5-7-9-19/h10-11,13-14H,5-9,12H2,1-4H3. The molecule has 130 valence electrons. The van der Waals surface area contributed by atoms with Crippen LogP contribution in [0.2, 0.25) is 0 Å². The lowest BCUT2D eigenvalue weighted by Crippen LogP contribution is -2.59. The van der Waals surface area contributed by atoms with Crippen molar-refractivity contribution in [1.29, 1.82) is 0 Å². The highest BCUT2D eigenvalue weighted by Gasteiger charge is 2.45. The summed E-state index contributed by atoms with van der Waals surface area (Å²) < 4.78 is 8.08. The van der Waals surface area contributed by atoms with E-state index in [1.165, 1.54) is 37.7 Å². The van der Waals surface area contributed by atoms with Crippen molar-refractivity contribution in [2.75, 3.05) is 11.5 Å². The van der Waals surface area contributed by atoms with E-state index in [2.05, 4.69) is 37.7 Å². The Balaban J connectivity index is 1.87. The van der Waals surface area contributed by atoms with Gasteiger partial charge < -0.3 is 9.64 Å². The molecule has 1 spiro atoms. The summed E-state index contributed by atoms with van der Waals surface area (Å²) in [6.45, 7) is 9.70. The summed E-state index contributed by atoms with van der Waals surface area (Å²) >= 11 is 0. The Morgan fingerprint density at radius 3 is 2.54 bits per heavy atom. The third kappa shape index (κ3) is 2.28. The lowest BCUT2D eigenvalue weighted by molar-refractivity contribution is 0.136. The van der Waals surface area contributed by atoms with Gasteiger partial charge in [0.1, 0.15) is 6.61 Å². The van der Waals surface area contributed by atoms with Crippen LogP contribution in [-0.4, -0.2) is 32.8 Å². The second kappa shape index (κ2) is 5.64. The van der Waals surface area contributed by atoms with Crippen LogP contribution in [0, 0.1) is 0 Å². The van der Waals surface area contributed by atoms with Crippen LogP contribution >= 0.6 is 0 Å². The first-order valence-electron chi connectivity index (χ1n) is 9.32. The lowest BCUT2D eigenvalue weighted by Gasteiger charge is -2.51. The predicted molar refractivity (Wildman–Crippen MR) is 96.0 cm³/mol. The van der Waals surface area contributed by atoms with Crippen LogP contribution in [0.15, 0.2) is 12.4 Å². The number of hydrogen-bond acceptors (Lipinski definition) is 4. The predicted octanol–water partition coefficient (Wildman–Crippen LogP) is 4.16. The molecule has 2 aromatic heterocycles. The Morgan fingerprint density at radius 2 is 1.88 bits per heavy atom. The minimum absolute atomic E-state index is 0.114. The van der Waals surface area contributed by atoms with Gasteiger partial charge in [0, 0.05) is 11.6 Å². The van der Waals surface area contributed by atoms with Crippen molar-refractivity contribution in [3.63, 3.8) is 0 Å². The fourth-order valence-corrected chi connectivity index (χ4v) is 4.48. The Morgan fingerprint density at radius 1 is 1.12 bits per heavy atom. The molecule has 1 aliphatic heterocycles. The van der Waals surface area contributed by atoms with E-state index in [0.29, 0.717) is 12.0 Å². The van der Waals surface area contributed by atoms with Crippen LogP contribution < -0.4 is 9.64 Å². The molecule has 3 heterocycles. The zero-order valence-corrected chi connectivity index (χ0v) is 15.2. The summed E-state index contributed by atoms with van der Waals surface area (Å²) in [5.74, 6) is 2.28. The minimum atomic E-state index is 0.114. The van der Waals surface area contributed by atoms with Crippen LogP contribution in [0.5, 0.6) is 5.75 Å². The molecule has 0 amide bonds. The first kappa shape index (κ1) is 15.7. The molecule has 4 rings (SSSR count). The summed E-state index contributed by atoms with van der Waals surface area (Å²) in [6.07, 6.45) is 10.3. The Bertz CT molecular complexity index is 743. The Labute approximate surface area is 144 Å². The van der Waals surface area contributed by atoms with Gasteiger partial charge in [0.2, 0.25) is 0 Å². The van der Waals surface area contributed by atoms with Crippen molar-refractivity contribution in [3.8, 4) is 5.75 Å². The highest BCUT2D eigenvalue weighted by molar-refractivity contribution is 5.63. The number of hydrogen-bond donors (Lipinski definition) is 0. The van der Waals surface area contributed by atoms with Crippen LogP contribution in [0.3, 0.4) is 0 Å². The summed E-state index contributed by atoms with van der Waals surface area (Å²) in [5, 5.41) is 4.48. The Hall–Kier alpha value is -1.78. The first-order valence-corrected chi connectivity index (χ1v) is 9.32. The number of nitrogens with zero attached hydrogens (tertiary/aromatic N) is 4. The van der Waals surface area contributed by atoms with Gasteiger partial charge in [0.05, 0.1) is 17.9 Å². The molecule has 0 N–H and O–H groups in total. The van der Waals surface area contributed by atoms with Crippen LogP contribution in [0.25, 0.3) is 5.65 Å². The molecule has 2 aromatic rings. The lowest BCUT2D eigenvalue weighted by atomic mass is 9.79. The molecule has 0 radical (unpaired) electrons. The van der Waals surface area contributed by atoms with E-state index in [4.69, 9.17) is 9.72 Å². The van der Waals surface area contributed by atoms with Crippen molar-refractivity contribution >= 4 is 11.5 Å². The molecule has 0 atom stereocenters. The first-order chi connectivity index (χ1) is 11.5. The van der Waals surface area contributed by atoms with Gasteiger partial charge in [-0.3, -0.25) is 0 Å². The van der Waals surface area contributed by atoms with Gasteiger partial charge in [-0.1, -0.05) is 33.1 Å². The monoisotopic (exact) mass is 328 g/mol. The molecular weight excluding hydrogens is 300 g/mol. The fraction of sp³-hybridized carbons (Fsp3) is 0.684. The molecule has 0 bridgehead atoms. The quantitative estimate of drug-likeness (QED) is 0.830. The molecule has 1 aliphatic carbocycles. The molecule has 5 nitrogen and oxygen atoms in total. The van der Waals surface area contributed by atoms with Gasteiger partial charge in [-0.2, -0.15) is 5.10 Å². The van der Waals surface area contributed by atoms with Gasteiger partial charge in [0.15, 0.2) is 17.2 Å². The number of anilines is 1. The zero-order chi connectivity index (χ0) is 16.9. The molecule has 0 saturated heterocycles. The normalized spacial score (nSPS) is 20.0. The van der Waals surface area contributed by atoms with Crippen molar-refractivity contribution in [2.45, 2.75) is 77.3 Å². The van der Waals surface area contributed by atoms with Crippen LogP contribution in [0.4, 0.5) is 5.82 Å². The minimum Gasteiger partial charge on any atom is -0.486 e. The molecule has 5 heteroatoms. The molecule has 24 heavy (non-hydrogen) atoms. The van der Waals surface area contributed by atoms with Crippen molar-refractivity contribution in [3.05, 3.63) is 18.0 Å². The van der Waals surface area contributed by atoms with Crippen LogP contribution in [0.1, 0.15) is 71.3 Å². The molecular formula is C19H28N4O. The maximum atomic E-state index is 6.21. The fourth-order valence-electron chi connectivity index (χ4n) is 4.48. The van der Waals surface area contributed by atoms with Crippen molar-refractivity contribution < 1.29 is 4.74 Å². The Kier molecular flexibility index (Phi) is 3.70. The maximum Gasteiger partial charge on any atom is 0.180 e. The van der Waals surface area contributed by atoms with E-state index in [9.17, 15) is 0 Å². The van der Waals surface area contributed by atoms with E-state index in [1.54, 1.807) is 0 Å². The highest BCUT2D eigenvalue weighted by atomic mass is 16.5. The van der Waals surface area contributed by atoms with E-state index in [1.807, 2.05) is 16.9 Å². The number of fused-ring (bicyclic) bond motifs is 2. The largest absolute Gasteiger partial charge is 0.486 e. The van der Waals surface area contributed by atoms with Gasteiger partial charge in [-0.15, -0.1) is 0 Å².